The Morgan fingerprint density at radius 1 is 1.21 bits per heavy atom. The molecular formula is C27H35N3O3. The highest BCUT2D eigenvalue weighted by atomic mass is 16.6. The molecule has 3 fully saturated rings. The lowest BCUT2D eigenvalue weighted by Gasteiger charge is -2.39. The van der Waals surface area contributed by atoms with Gasteiger partial charge in [-0.1, -0.05) is 6.92 Å². The molecule has 3 heterocycles. The minimum absolute atomic E-state index is 0.0972. The van der Waals surface area contributed by atoms with Crippen LogP contribution in [0.2, 0.25) is 0 Å². The fourth-order valence-corrected chi connectivity index (χ4v) is 6.06. The molecule has 6 nitrogen and oxygen atoms in total. The van der Waals surface area contributed by atoms with Crippen LogP contribution in [-0.2, 0) is 29.4 Å². The van der Waals surface area contributed by atoms with E-state index in [0.717, 1.165) is 37.9 Å². The third-order valence-electron chi connectivity index (χ3n) is 8.40. The molecule has 2 amide bonds. The van der Waals surface area contributed by atoms with Crippen LogP contribution in [0.3, 0.4) is 0 Å². The number of rotatable bonds is 7. The molecule has 3 unspecified atom stereocenters. The van der Waals surface area contributed by atoms with Gasteiger partial charge in [0, 0.05) is 60.7 Å². The SMILES string of the molecule is CC(CC1CO1)C1CCc2c(c3cc(C(=O)N4CC(CC(=O)NC5CC5)C4)ccc3n2C)C1. The van der Waals surface area contributed by atoms with Gasteiger partial charge in [-0.25, -0.2) is 0 Å². The van der Waals surface area contributed by atoms with Gasteiger partial charge < -0.3 is 19.5 Å². The molecule has 1 aromatic heterocycles. The highest BCUT2D eigenvalue weighted by Gasteiger charge is 2.35. The summed E-state index contributed by atoms with van der Waals surface area (Å²) < 4.78 is 7.81. The largest absolute Gasteiger partial charge is 0.373 e. The fraction of sp³-hybridized carbons (Fsp3) is 0.630. The van der Waals surface area contributed by atoms with E-state index in [1.54, 1.807) is 0 Å². The lowest BCUT2D eigenvalue weighted by Crippen LogP contribution is -2.51. The van der Waals surface area contributed by atoms with Crippen molar-refractivity contribution < 1.29 is 14.3 Å². The van der Waals surface area contributed by atoms with Gasteiger partial charge in [0.1, 0.15) is 0 Å². The van der Waals surface area contributed by atoms with Crippen molar-refractivity contribution in [2.75, 3.05) is 19.7 Å². The number of nitrogens with one attached hydrogen (secondary N) is 1. The van der Waals surface area contributed by atoms with E-state index >= 15 is 0 Å². The monoisotopic (exact) mass is 449 g/mol. The number of amides is 2. The van der Waals surface area contributed by atoms with E-state index in [4.69, 9.17) is 4.74 Å². The number of ether oxygens (including phenoxy) is 1. The van der Waals surface area contributed by atoms with E-state index in [1.807, 2.05) is 11.0 Å². The number of carbonyl (C=O) groups excluding carboxylic acids is 2. The first-order chi connectivity index (χ1) is 16.0. The smallest absolute Gasteiger partial charge is 0.253 e. The Balaban J connectivity index is 1.15. The van der Waals surface area contributed by atoms with Crippen molar-refractivity contribution in [2.45, 2.75) is 64.0 Å². The molecule has 1 saturated carbocycles. The zero-order valence-electron chi connectivity index (χ0n) is 19.8. The van der Waals surface area contributed by atoms with Crippen molar-refractivity contribution >= 4 is 22.7 Å². The van der Waals surface area contributed by atoms with Crippen LogP contribution < -0.4 is 5.32 Å². The average molecular weight is 450 g/mol. The Morgan fingerprint density at radius 2 is 2.00 bits per heavy atom. The maximum atomic E-state index is 13.2. The Morgan fingerprint density at radius 3 is 2.73 bits per heavy atom. The molecule has 4 aliphatic rings. The van der Waals surface area contributed by atoms with Crippen molar-refractivity contribution in [3.63, 3.8) is 0 Å². The summed E-state index contributed by atoms with van der Waals surface area (Å²) in [6, 6.07) is 6.63. The molecule has 176 valence electrons. The molecule has 0 bridgehead atoms. The maximum Gasteiger partial charge on any atom is 0.253 e. The Hall–Kier alpha value is -2.34. The molecule has 2 aromatic rings. The second-order valence-electron chi connectivity index (χ2n) is 11.0. The van der Waals surface area contributed by atoms with Crippen molar-refractivity contribution in [3.05, 3.63) is 35.0 Å². The summed E-state index contributed by atoms with van der Waals surface area (Å²) in [6.45, 7) is 4.68. The van der Waals surface area contributed by atoms with Gasteiger partial charge in [0.15, 0.2) is 0 Å². The number of carbonyl (C=O) groups is 2. The number of aryl methyl sites for hydroxylation is 1. The highest BCUT2D eigenvalue weighted by molar-refractivity contribution is 5.99. The number of likely N-dealkylation sites (tertiary alicyclic amines) is 1. The summed E-state index contributed by atoms with van der Waals surface area (Å²) in [5.41, 5.74) is 4.89. The zero-order chi connectivity index (χ0) is 22.7. The second-order valence-corrected chi connectivity index (χ2v) is 11.0. The molecule has 1 aromatic carbocycles. The third-order valence-corrected chi connectivity index (χ3v) is 8.40. The van der Waals surface area contributed by atoms with Crippen LogP contribution >= 0.6 is 0 Å². The third kappa shape index (κ3) is 4.18. The van der Waals surface area contributed by atoms with Gasteiger partial charge in [-0.2, -0.15) is 0 Å². The van der Waals surface area contributed by atoms with Crippen LogP contribution in [0.25, 0.3) is 10.9 Å². The van der Waals surface area contributed by atoms with Gasteiger partial charge in [0.05, 0.1) is 12.7 Å². The number of aromatic nitrogens is 1. The van der Waals surface area contributed by atoms with Crippen molar-refractivity contribution in [2.24, 2.45) is 24.8 Å². The lowest BCUT2D eigenvalue weighted by atomic mass is 9.77. The van der Waals surface area contributed by atoms with Crippen LogP contribution in [0, 0.1) is 17.8 Å². The van der Waals surface area contributed by atoms with E-state index in [1.165, 1.54) is 35.0 Å². The van der Waals surface area contributed by atoms with Crippen LogP contribution in [0.15, 0.2) is 18.2 Å². The first-order valence-corrected chi connectivity index (χ1v) is 12.8. The fourth-order valence-electron chi connectivity index (χ4n) is 6.06. The number of epoxide rings is 1. The highest BCUT2D eigenvalue weighted by Crippen LogP contribution is 2.39. The standard InChI is InChI=1S/C27H35N3O3/c1-16(9-21-15-33-21)18-3-7-24-22(11-18)23-12-19(4-8-25(23)29(24)2)27(32)30-13-17(14-30)10-26(31)28-20-5-6-20/h4,8,12,16-18,20-21H,3,5-7,9-11,13-15H2,1-2H3,(H,28,31). The Kier molecular flexibility index (Phi) is 5.24. The van der Waals surface area contributed by atoms with Crippen LogP contribution in [0.1, 0.15) is 60.6 Å². The zero-order valence-corrected chi connectivity index (χ0v) is 19.8. The minimum Gasteiger partial charge on any atom is -0.373 e. The van der Waals surface area contributed by atoms with E-state index in [-0.39, 0.29) is 11.8 Å². The maximum absolute atomic E-state index is 13.2. The summed E-state index contributed by atoms with van der Waals surface area (Å²) in [5, 5.41) is 4.30. The van der Waals surface area contributed by atoms with Crippen molar-refractivity contribution in [3.8, 4) is 0 Å². The molecule has 6 rings (SSSR count). The summed E-state index contributed by atoms with van der Waals surface area (Å²) >= 11 is 0. The number of benzene rings is 1. The molecule has 3 atom stereocenters. The first-order valence-electron chi connectivity index (χ1n) is 12.8. The Bertz CT molecular complexity index is 1090. The summed E-state index contributed by atoms with van der Waals surface area (Å²) in [4.78, 5) is 27.1. The van der Waals surface area contributed by atoms with Gasteiger partial charge in [-0.05, 0) is 74.1 Å². The van der Waals surface area contributed by atoms with Crippen molar-refractivity contribution in [1.82, 2.24) is 14.8 Å². The van der Waals surface area contributed by atoms with Gasteiger partial charge >= 0.3 is 0 Å². The number of fused-ring (bicyclic) bond motifs is 3. The summed E-state index contributed by atoms with van der Waals surface area (Å²) in [7, 11) is 2.16. The van der Waals surface area contributed by atoms with Gasteiger partial charge in [-0.3, -0.25) is 9.59 Å². The molecular weight excluding hydrogens is 414 g/mol. The number of hydrogen-bond acceptors (Lipinski definition) is 3. The van der Waals surface area contributed by atoms with E-state index in [0.29, 0.717) is 49.4 Å². The molecule has 33 heavy (non-hydrogen) atoms. The van der Waals surface area contributed by atoms with E-state index in [9.17, 15) is 9.59 Å². The summed E-state index contributed by atoms with van der Waals surface area (Å²) in [6.07, 6.45) is 7.86. The second kappa shape index (κ2) is 8.15. The van der Waals surface area contributed by atoms with Crippen LogP contribution in [-0.4, -0.2) is 53.1 Å². The molecule has 2 aliphatic heterocycles. The van der Waals surface area contributed by atoms with E-state index < -0.39 is 0 Å². The van der Waals surface area contributed by atoms with Crippen LogP contribution in [0.4, 0.5) is 0 Å². The van der Waals surface area contributed by atoms with Gasteiger partial charge in [-0.15, -0.1) is 0 Å². The molecule has 0 radical (unpaired) electrons. The quantitative estimate of drug-likeness (QED) is 0.659. The number of nitrogens with zero attached hydrogens (tertiary/aromatic N) is 2. The summed E-state index contributed by atoms with van der Waals surface area (Å²) in [5.74, 6) is 1.88. The van der Waals surface area contributed by atoms with Gasteiger partial charge in [0.25, 0.3) is 5.91 Å². The van der Waals surface area contributed by atoms with Crippen molar-refractivity contribution in [1.29, 1.82) is 0 Å². The first kappa shape index (κ1) is 21.2. The molecule has 0 spiro atoms. The van der Waals surface area contributed by atoms with Crippen LogP contribution in [0.5, 0.6) is 0 Å². The van der Waals surface area contributed by atoms with Gasteiger partial charge in [0.2, 0.25) is 5.91 Å². The average Bonchev–Trinajstić information content (AvgIpc) is 3.72. The molecule has 6 heteroatoms. The predicted molar refractivity (Wildman–Crippen MR) is 127 cm³/mol. The number of hydrogen-bond donors (Lipinski definition) is 1. The normalized spacial score (nSPS) is 25.5. The minimum atomic E-state index is 0.0972. The molecule has 1 N–H and O–H groups in total. The molecule has 2 saturated heterocycles. The molecule has 2 aliphatic carbocycles. The Labute approximate surface area is 195 Å². The lowest BCUT2D eigenvalue weighted by molar-refractivity contribution is -0.123. The predicted octanol–water partition coefficient (Wildman–Crippen LogP) is 3.45. The van der Waals surface area contributed by atoms with E-state index in [2.05, 4.69) is 36.0 Å². The topological polar surface area (TPSA) is 66.9 Å².